The number of aromatic nitrogens is 3. The van der Waals surface area contributed by atoms with Gasteiger partial charge in [0, 0.05) is 12.0 Å². The summed E-state index contributed by atoms with van der Waals surface area (Å²) in [6.07, 6.45) is 2.43. The number of nitrogens with one attached hydrogen (secondary N) is 1. The van der Waals surface area contributed by atoms with E-state index in [4.69, 9.17) is 21.7 Å². The van der Waals surface area contributed by atoms with Crippen LogP contribution in [-0.2, 0) is 13.0 Å². The van der Waals surface area contributed by atoms with E-state index in [2.05, 4.69) is 46.5 Å². The van der Waals surface area contributed by atoms with Crippen molar-refractivity contribution >= 4 is 18.4 Å². The van der Waals surface area contributed by atoms with Gasteiger partial charge in [0.2, 0.25) is 4.77 Å². The van der Waals surface area contributed by atoms with Gasteiger partial charge in [-0.1, -0.05) is 42.8 Å². The summed E-state index contributed by atoms with van der Waals surface area (Å²) in [6.45, 7) is 4.50. The number of aryl methyl sites for hydroxylation is 2. The Morgan fingerprint density at radius 2 is 2.00 bits per heavy atom. The topological polar surface area (TPSA) is 64.4 Å². The van der Waals surface area contributed by atoms with E-state index in [0.717, 1.165) is 23.4 Å². The summed E-state index contributed by atoms with van der Waals surface area (Å²) >= 11 is 5.24. The van der Waals surface area contributed by atoms with E-state index >= 15 is 0 Å². The van der Waals surface area contributed by atoms with Crippen LogP contribution < -0.4 is 9.47 Å². The normalized spacial score (nSPS) is 11.1. The maximum atomic E-state index is 6.07. The number of rotatable bonds is 7. The molecule has 140 valence electrons. The number of aromatic amines is 1. The van der Waals surface area contributed by atoms with Gasteiger partial charge in [0.25, 0.3) is 0 Å². The molecule has 1 heterocycles. The zero-order valence-electron chi connectivity index (χ0n) is 15.6. The van der Waals surface area contributed by atoms with Crippen molar-refractivity contribution in [2.75, 3.05) is 7.11 Å². The van der Waals surface area contributed by atoms with Gasteiger partial charge in [0.1, 0.15) is 6.61 Å². The lowest BCUT2D eigenvalue weighted by molar-refractivity contribution is 0.284. The molecule has 0 radical (unpaired) electrons. The van der Waals surface area contributed by atoms with Gasteiger partial charge in [-0.05, 0) is 36.8 Å². The number of H-pyrrole nitrogens is 1. The molecular weight excluding hydrogens is 360 g/mol. The van der Waals surface area contributed by atoms with Gasteiger partial charge >= 0.3 is 0 Å². The Hall–Kier alpha value is -2.93. The fourth-order valence-corrected chi connectivity index (χ4v) is 2.78. The lowest BCUT2D eigenvalue weighted by Gasteiger charge is -2.13. The molecule has 1 aromatic heterocycles. The number of ether oxygens (including phenoxy) is 2. The third kappa shape index (κ3) is 4.43. The first-order chi connectivity index (χ1) is 13.1. The van der Waals surface area contributed by atoms with Crippen molar-refractivity contribution < 1.29 is 9.47 Å². The van der Waals surface area contributed by atoms with Crippen LogP contribution >= 0.6 is 12.2 Å². The van der Waals surface area contributed by atoms with Crippen molar-refractivity contribution in [3.63, 3.8) is 0 Å². The quantitative estimate of drug-likeness (QED) is 0.489. The van der Waals surface area contributed by atoms with Gasteiger partial charge in [-0.3, -0.25) is 5.10 Å². The second kappa shape index (κ2) is 8.64. The van der Waals surface area contributed by atoms with E-state index in [1.807, 2.05) is 25.1 Å². The third-order valence-electron chi connectivity index (χ3n) is 4.08. The summed E-state index contributed by atoms with van der Waals surface area (Å²) < 4.78 is 13.6. The van der Waals surface area contributed by atoms with Crippen molar-refractivity contribution in [3.8, 4) is 11.5 Å². The fourth-order valence-electron chi connectivity index (χ4n) is 2.58. The minimum absolute atomic E-state index is 0.437. The Bertz CT molecular complexity index is 990. The molecule has 0 bridgehead atoms. The molecule has 1 N–H and O–H groups in total. The van der Waals surface area contributed by atoms with Crippen molar-refractivity contribution in [2.24, 2.45) is 5.10 Å². The molecule has 27 heavy (non-hydrogen) atoms. The highest BCUT2D eigenvalue weighted by molar-refractivity contribution is 7.71. The van der Waals surface area contributed by atoms with Crippen LogP contribution in [0.5, 0.6) is 11.5 Å². The van der Waals surface area contributed by atoms with E-state index in [1.54, 1.807) is 18.0 Å². The number of para-hydroxylation sites is 1. The van der Waals surface area contributed by atoms with Gasteiger partial charge in [-0.2, -0.15) is 14.9 Å². The predicted octanol–water partition coefficient (Wildman–Crippen LogP) is 4.28. The number of benzene rings is 2. The Labute approximate surface area is 163 Å². The molecule has 0 saturated heterocycles. The molecule has 6 nitrogen and oxygen atoms in total. The van der Waals surface area contributed by atoms with Gasteiger partial charge in [0.05, 0.1) is 13.3 Å². The maximum Gasteiger partial charge on any atom is 0.216 e. The summed E-state index contributed by atoms with van der Waals surface area (Å²) in [5, 5.41) is 11.4. The van der Waals surface area contributed by atoms with Gasteiger partial charge in [0.15, 0.2) is 17.3 Å². The van der Waals surface area contributed by atoms with Crippen LogP contribution in [0.3, 0.4) is 0 Å². The van der Waals surface area contributed by atoms with E-state index in [0.29, 0.717) is 22.9 Å². The summed E-state index contributed by atoms with van der Waals surface area (Å²) in [5.41, 5.74) is 3.10. The van der Waals surface area contributed by atoms with Gasteiger partial charge < -0.3 is 9.47 Å². The largest absolute Gasteiger partial charge is 0.493 e. The van der Waals surface area contributed by atoms with Gasteiger partial charge in [-0.25, -0.2) is 0 Å². The lowest BCUT2D eigenvalue weighted by Crippen LogP contribution is -2.02. The minimum atomic E-state index is 0.437. The molecule has 2 aromatic carbocycles. The van der Waals surface area contributed by atoms with E-state index in [-0.39, 0.29) is 0 Å². The van der Waals surface area contributed by atoms with Crippen LogP contribution in [0, 0.1) is 11.7 Å². The number of nitrogens with zero attached hydrogens (tertiary/aromatic N) is 3. The lowest BCUT2D eigenvalue weighted by atomic mass is 10.1. The second-order valence-corrected chi connectivity index (χ2v) is 6.39. The first-order valence-electron chi connectivity index (χ1n) is 8.68. The Morgan fingerprint density at radius 3 is 2.70 bits per heavy atom. The number of hydrogen-bond acceptors (Lipinski definition) is 5. The molecule has 0 spiro atoms. The van der Waals surface area contributed by atoms with Crippen molar-refractivity contribution in [1.82, 2.24) is 14.9 Å². The second-order valence-electron chi connectivity index (χ2n) is 6.01. The van der Waals surface area contributed by atoms with Crippen LogP contribution in [0.15, 0.2) is 47.6 Å². The minimum Gasteiger partial charge on any atom is -0.493 e. The molecule has 0 aliphatic carbocycles. The number of hydrogen-bond donors (Lipinski definition) is 1. The fraction of sp³-hybridized carbons (Fsp3) is 0.250. The zero-order chi connectivity index (χ0) is 19.2. The average molecular weight is 382 g/mol. The Balaban J connectivity index is 1.89. The standard InChI is InChI=1S/C20H22N4O2S/c1-4-18-22-23-20(27)24(18)21-12-16-6-5-7-17(25-3)19(16)26-13-15-10-8-14(2)9-11-15/h5-12H,4,13H2,1-3H3,(H,23,27)/b21-12+. The molecule has 3 rings (SSSR count). The summed E-state index contributed by atoms with van der Waals surface area (Å²) in [6, 6.07) is 13.9. The van der Waals surface area contributed by atoms with Crippen LogP contribution in [0.4, 0.5) is 0 Å². The average Bonchev–Trinajstić information content (AvgIpc) is 3.05. The summed E-state index contributed by atoms with van der Waals surface area (Å²) in [4.78, 5) is 0. The molecule has 0 amide bonds. The van der Waals surface area contributed by atoms with E-state index < -0.39 is 0 Å². The molecule has 3 aromatic rings. The smallest absolute Gasteiger partial charge is 0.216 e. The first-order valence-corrected chi connectivity index (χ1v) is 9.09. The molecule has 0 aliphatic heterocycles. The van der Waals surface area contributed by atoms with Crippen molar-refractivity contribution in [2.45, 2.75) is 26.9 Å². The molecule has 0 fully saturated rings. The monoisotopic (exact) mass is 382 g/mol. The predicted molar refractivity (Wildman–Crippen MR) is 108 cm³/mol. The molecule has 0 atom stereocenters. The Kier molecular flexibility index (Phi) is 6.03. The molecular formula is C20H22N4O2S. The van der Waals surface area contributed by atoms with Crippen molar-refractivity contribution in [3.05, 3.63) is 69.8 Å². The third-order valence-corrected chi connectivity index (χ3v) is 4.34. The molecule has 0 aliphatic rings. The summed E-state index contributed by atoms with van der Waals surface area (Å²) in [7, 11) is 1.62. The number of methoxy groups -OCH3 is 1. The van der Waals surface area contributed by atoms with Crippen LogP contribution in [0.25, 0.3) is 0 Å². The maximum absolute atomic E-state index is 6.07. The highest BCUT2D eigenvalue weighted by Crippen LogP contribution is 2.31. The molecule has 0 unspecified atom stereocenters. The molecule has 7 heteroatoms. The highest BCUT2D eigenvalue weighted by atomic mass is 32.1. The summed E-state index contributed by atoms with van der Waals surface area (Å²) in [5.74, 6) is 2.05. The molecule has 0 saturated carbocycles. The highest BCUT2D eigenvalue weighted by Gasteiger charge is 2.10. The van der Waals surface area contributed by atoms with Crippen LogP contribution in [0.1, 0.15) is 29.4 Å². The van der Waals surface area contributed by atoms with Crippen molar-refractivity contribution in [1.29, 1.82) is 0 Å². The SMILES string of the molecule is CCc1n[nH]c(=S)n1/N=C/c1cccc(OC)c1OCc1ccc(C)cc1. The van der Waals surface area contributed by atoms with Crippen LogP contribution in [0.2, 0.25) is 0 Å². The zero-order valence-corrected chi connectivity index (χ0v) is 16.4. The van der Waals surface area contributed by atoms with E-state index in [9.17, 15) is 0 Å². The Morgan fingerprint density at radius 1 is 1.22 bits per heavy atom. The van der Waals surface area contributed by atoms with Gasteiger partial charge in [-0.15, -0.1) is 0 Å². The van der Waals surface area contributed by atoms with E-state index in [1.165, 1.54) is 5.56 Å². The van der Waals surface area contributed by atoms with Crippen LogP contribution in [-0.4, -0.2) is 28.2 Å². The first kappa shape index (κ1) is 18.8.